The van der Waals surface area contributed by atoms with Gasteiger partial charge in [0, 0.05) is 5.92 Å². The van der Waals surface area contributed by atoms with E-state index in [2.05, 4.69) is 4.72 Å². The molecule has 26 heavy (non-hydrogen) atoms. The summed E-state index contributed by atoms with van der Waals surface area (Å²) in [6.07, 6.45) is 6.32. The summed E-state index contributed by atoms with van der Waals surface area (Å²) in [5, 5.41) is 1.19. The Morgan fingerprint density at radius 1 is 1.04 bits per heavy atom. The summed E-state index contributed by atoms with van der Waals surface area (Å²) in [7, 11) is -3.58. The van der Waals surface area contributed by atoms with Crippen LogP contribution in [-0.4, -0.2) is 13.4 Å². The first kappa shape index (κ1) is 17.5. The van der Waals surface area contributed by atoms with Crippen LogP contribution in [0.4, 0.5) is 5.69 Å². The molecule has 0 saturated heterocycles. The standard InChI is InChI=1S/C20H22N2O2S2/c1-14-7-10-17(11-8-14)26(23,24)22-16-9-12-18-19(13-16)25-20(21-18)15-5-3-2-4-6-15/h7-13,15,22H,2-6H2,1H3. The van der Waals surface area contributed by atoms with E-state index in [0.717, 1.165) is 15.8 Å². The normalized spacial score (nSPS) is 16.0. The maximum Gasteiger partial charge on any atom is 0.261 e. The van der Waals surface area contributed by atoms with Crippen LogP contribution in [0.5, 0.6) is 0 Å². The Bertz CT molecular complexity index is 1020. The van der Waals surface area contributed by atoms with E-state index in [9.17, 15) is 8.42 Å². The summed E-state index contributed by atoms with van der Waals surface area (Å²) in [5.74, 6) is 0.564. The van der Waals surface area contributed by atoms with Gasteiger partial charge in [-0.3, -0.25) is 4.72 Å². The predicted molar refractivity (Wildman–Crippen MR) is 107 cm³/mol. The largest absolute Gasteiger partial charge is 0.280 e. The number of nitrogens with zero attached hydrogens (tertiary/aromatic N) is 1. The van der Waals surface area contributed by atoms with E-state index in [1.807, 2.05) is 19.1 Å². The molecule has 0 bridgehead atoms. The average molecular weight is 387 g/mol. The van der Waals surface area contributed by atoms with Crippen molar-refractivity contribution in [3.05, 3.63) is 53.0 Å². The zero-order valence-electron chi connectivity index (χ0n) is 14.7. The van der Waals surface area contributed by atoms with Gasteiger partial charge in [0.25, 0.3) is 10.0 Å². The van der Waals surface area contributed by atoms with Crippen LogP contribution >= 0.6 is 11.3 Å². The first-order valence-corrected chi connectivity index (χ1v) is 11.3. The van der Waals surface area contributed by atoms with E-state index in [-0.39, 0.29) is 4.90 Å². The van der Waals surface area contributed by atoms with Gasteiger partial charge in [0.1, 0.15) is 0 Å². The molecule has 0 amide bonds. The molecule has 6 heteroatoms. The second kappa shape index (κ2) is 7.00. The van der Waals surface area contributed by atoms with Crippen molar-refractivity contribution in [2.24, 2.45) is 0 Å². The summed E-state index contributed by atoms with van der Waals surface area (Å²) in [6, 6.07) is 12.5. The minimum absolute atomic E-state index is 0.274. The Balaban J connectivity index is 1.59. The lowest BCUT2D eigenvalue weighted by molar-refractivity contribution is 0.443. The van der Waals surface area contributed by atoms with Crippen LogP contribution in [0.2, 0.25) is 0 Å². The van der Waals surface area contributed by atoms with Crippen LogP contribution in [0.3, 0.4) is 0 Å². The molecule has 3 aromatic rings. The van der Waals surface area contributed by atoms with Crippen molar-refractivity contribution in [3.8, 4) is 0 Å². The smallest absolute Gasteiger partial charge is 0.261 e. The van der Waals surface area contributed by atoms with Crippen molar-refractivity contribution < 1.29 is 8.42 Å². The second-order valence-corrected chi connectivity index (χ2v) is 9.73. The quantitative estimate of drug-likeness (QED) is 0.648. The van der Waals surface area contributed by atoms with Gasteiger partial charge in [0.05, 0.1) is 25.8 Å². The molecule has 0 radical (unpaired) electrons. The van der Waals surface area contributed by atoms with Crippen molar-refractivity contribution in [3.63, 3.8) is 0 Å². The van der Waals surface area contributed by atoms with Crippen LogP contribution in [0.15, 0.2) is 47.4 Å². The van der Waals surface area contributed by atoms with E-state index < -0.39 is 10.0 Å². The molecular formula is C20H22N2O2S2. The van der Waals surface area contributed by atoms with Gasteiger partial charge in [-0.2, -0.15) is 0 Å². The minimum atomic E-state index is -3.58. The summed E-state index contributed by atoms with van der Waals surface area (Å²) >= 11 is 1.70. The molecule has 1 aliphatic carbocycles. The Labute approximate surface area is 158 Å². The third-order valence-corrected chi connectivity index (χ3v) is 7.52. The number of thiazole rings is 1. The molecule has 136 valence electrons. The van der Waals surface area contributed by atoms with Crippen LogP contribution in [0, 0.1) is 6.92 Å². The molecule has 4 rings (SSSR count). The van der Waals surface area contributed by atoms with Crippen LogP contribution in [0.1, 0.15) is 48.6 Å². The van der Waals surface area contributed by atoms with Gasteiger partial charge in [-0.25, -0.2) is 13.4 Å². The molecule has 1 fully saturated rings. The zero-order chi connectivity index (χ0) is 18.1. The zero-order valence-corrected chi connectivity index (χ0v) is 16.4. The lowest BCUT2D eigenvalue weighted by atomic mass is 9.90. The van der Waals surface area contributed by atoms with Crippen molar-refractivity contribution in [2.45, 2.75) is 49.8 Å². The van der Waals surface area contributed by atoms with Gasteiger partial charge in [-0.1, -0.05) is 37.0 Å². The number of sulfonamides is 1. The van der Waals surface area contributed by atoms with Gasteiger partial charge in [0.15, 0.2) is 0 Å². The highest BCUT2D eigenvalue weighted by molar-refractivity contribution is 7.92. The summed E-state index contributed by atoms with van der Waals surface area (Å²) in [6.45, 7) is 1.94. The number of benzene rings is 2. The molecule has 0 atom stereocenters. The van der Waals surface area contributed by atoms with Crippen molar-refractivity contribution in [1.82, 2.24) is 4.98 Å². The van der Waals surface area contributed by atoms with Gasteiger partial charge >= 0.3 is 0 Å². The highest BCUT2D eigenvalue weighted by atomic mass is 32.2. The maximum atomic E-state index is 12.6. The van der Waals surface area contributed by atoms with Crippen molar-refractivity contribution in [1.29, 1.82) is 0 Å². The highest BCUT2D eigenvalue weighted by Gasteiger charge is 2.20. The third kappa shape index (κ3) is 3.62. The summed E-state index contributed by atoms with van der Waals surface area (Å²) < 4.78 is 28.9. The minimum Gasteiger partial charge on any atom is -0.280 e. The number of nitrogens with one attached hydrogen (secondary N) is 1. The molecule has 1 aliphatic rings. The molecule has 0 aliphatic heterocycles. The van der Waals surface area contributed by atoms with E-state index in [1.165, 1.54) is 37.1 Å². The number of fused-ring (bicyclic) bond motifs is 1. The average Bonchev–Trinajstić information content (AvgIpc) is 3.06. The molecule has 0 unspecified atom stereocenters. The molecule has 1 saturated carbocycles. The number of hydrogen-bond donors (Lipinski definition) is 1. The predicted octanol–water partition coefficient (Wildman–Crippen LogP) is 5.45. The topological polar surface area (TPSA) is 59.1 Å². The van der Waals surface area contributed by atoms with Gasteiger partial charge in [-0.05, 0) is 50.1 Å². The van der Waals surface area contributed by atoms with Gasteiger partial charge in [-0.15, -0.1) is 11.3 Å². The van der Waals surface area contributed by atoms with Crippen LogP contribution in [0.25, 0.3) is 10.2 Å². The van der Waals surface area contributed by atoms with Gasteiger partial charge < -0.3 is 0 Å². The number of hydrogen-bond acceptors (Lipinski definition) is 4. The Morgan fingerprint density at radius 3 is 2.50 bits per heavy atom. The fourth-order valence-corrected chi connectivity index (χ4v) is 5.69. The lowest BCUT2D eigenvalue weighted by Crippen LogP contribution is -2.12. The first-order valence-electron chi connectivity index (χ1n) is 9.01. The Kier molecular flexibility index (Phi) is 4.71. The highest BCUT2D eigenvalue weighted by Crippen LogP contribution is 2.37. The van der Waals surface area contributed by atoms with E-state index in [1.54, 1.807) is 41.7 Å². The molecule has 1 heterocycles. The van der Waals surface area contributed by atoms with Crippen molar-refractivity contribution >= 4 is 37.3 Å². The number of aryl methyl sites for hydroxylation is 1. The molecule has 1 N–H and O–H groups in total. The summed E-state index contributed by atoms with van der Waals surface area (Å²) in [4.78, 5) is 5.06. The fraction of sp³-hybridized carbons (Fsp3) is 0.350. The Hall–Kier alpha value is -1.92. The second-order valence-electron chi connectivity index (χ2n) is 6.99. The SMILES string of the molecule is Cc1ccc(S(=O)(=O)Nc2ccc3nc(C4CCCCC4)sc3c2)cc1. The van der Waals surface area contributed by atoms with Gasteiger partial charge in [0.2, 0.25) is 0 Å². The van der Waals surface area contributed by atoms with Crippen LogP contribution < -0.4 is 4.72 Å². The molecule has 2 aromatic carbocycles. The van der Waals surface area contributed by atoms with E-state index in [0.29, 0.717) is 11.6 Å². The molecule has 4 nitrogen and oxygen atoms in total. The Morgan fingerprint density at radius 2 is 1.77 bits per heavy atom. The molecular weight excluding hydrogens is 364 g/mol. The maximum absolute atomic E-state index is 12.6. The van der Waals surface area contributed by atoms with E-state index >= 15 is 0 Å². The third-order valence-electron chi connectivity index (χ3n) is 4.94. The first-order chi connectivity index (χ1) is 12.5. The molecule has 1 aromatic heterocycles. The monoisotopic (exact) mass is 386 g/mol. The van der Waals surface area contributed by atoms with Crippen LogP contribution in [-0.2, 0) is 10.0 Å². The summed E-state index contributed by atoms with van der Waals surface area (Å²) in [5.41, 5.74) is 2.57. The van der Waals surface area contributed by atoms with E-state index in [4.69, 9.17) is 4.98 Å². The number of aromatic nitrogens is 1. The number of rotatable bonds is 4. The molecule has 0 spiro atoms. The number of anilines is 1. The van der Waals surface area contributed by atoms with Crippen molar-refractivity contribution in [2.75, 3.05) is 4.72 Å². The lowest BCUT2D eigenvalue weighted by Gasteiger charge is -2.18. The fourth-order valence-electron chi connectivity index (χ4n) is 3.46.